The van der Waals surface area contributed by atoms with Crippen molar-refractivity contribution in [2.24, 2.45) is 0 Å². The predicted octanol–water partition coefficient (Wildman–Crippen LogP) is 3.33. The van der Waals surface area contributed by atoms with Gasteiger partial charge in [0.05, 0.1) is 0 Å². The summed E-state index contributed by atoms with van der Waals surface area (Å²) in [5.41, 5.74) is 2.05. The Labute approximate surface area is 124 Å². The lowest BCUT2D eigenvalue weighted by atomic mass is 10.9. The molecule has 0 radical (unpaired) electrons. The van der Waals surface area contributed by atoms with Crippen LogP contribution in [0.4, 0.5) is 0 Å². The fraction of sp³-hybridized carbons (Fsp3) is 0.846. The smallest absolute Gasteiger partial charge is 0.202 e. The van der Waals surface area contributed by atoms with Gasteiger partial charge in [-0.25, -0.2) is 0 Å². The molecule has 0 aromatic rings. The maximum Gasteiger partial charge on any atom is 0.202 e. The van der Waals surface area contributed by atoms with Crippen molar-refractivity contribution in [3.05, 3.63) is 12.3 Å². The second-order valence-electron chi connectivity index (χ2n) is 7.18. The van der Waals surface area contributed by atoms with Crippen molar-refractivity contribution in [1.29, 1.82) is 0 Å². The summed E-state index contributed by atoms with van der Waals surface area (Å²) in [6.07, 6.45) is 0. The Morgan fingerprint density at radius 3 is 1.63 bits per heavy atom. The van der Waals surface area contributed by atoms with Gasteiger partial charge in [-0.3, -0.25) is 0 Å². The molecule has 0 aliphatic rings. The Morgan fingerprint density at radius 1 is 0.895 bits per heavy atom. The van der Waals surface area contributed by atoms with Crippen molar-refractivity contribution in [3.63, 3.8) is 0 Å². The number of hydrogen-bond donors (Lipinski definition) is 0. The molecule has 0 aliphatic carbocycles. The van der Waals surface area contributed by atoms with Gasteiger partial charge >= 0.3 is 0 Å². The molecule has 19 heavy (non-hydrogen) atoms. The highest BCUT2D eigenvalue weighted by Crippen LogP contribution is 2.26. The third kappa shape index (κ3) is 6.05. The van der Waals surface area contributed by atoms with Crippen LogP contribution in [-0.4, -0.2) is 62.4 Å². The third-order valence-electron chi connectivity index (χ3n) is 4.16. The third-order valence-corrected chi connectivity index (χ3v) is 16.5. The average Bonchev–Trinajstić information content (AvgIpc) is 2.24. The zero-order chi connectivity index (χ0) is 15.5. The van der Waals surface area contributed by atoms with E-state index in [1.807, 2.05) is 0 Å². The lowest BCUT2D eigenvalue weighted by molar-refractivity contribution is 0.482. The molecule has 0 atom stereocenters. The second-order valence-corrected chi connectivity index (χ2v) is 20.3. The van der Waals surface area contributed by atoms with E-state index in [4.69, 9.17) is 4.12 Å². The molecule has 0 aromatic heterocycles. The van der Waals surface area contributed by atoms with Crippen LogP contribution in [0.15, 0.2) is 12.3 Å². The van der Waals surface area contributed by atoms with Crippen molar-refractivity contribution >= 4 is 25.0 Å². The number of hydrogen-bond acceptors (Lipinski definition) is 3. The van der Waals surface area contributed by atoms with Gasteiger partial charge in [-0.15, -0.1) is 6.58 Å². The largest absolute Gasteiger partial charge is 0.453 e. The van der Waals surface area contributed by atoms with Gasteiger partial charge < -0.3 is 13.2 Å². The molecule has 0 amide bonds. The van der Waals surface area contributed by atoms with Crippen LogP contribution in [0.2, 0.25) is 44.8 Å². The van der Waals surface area contributed by atoms with Crippen LogP contribution in [0, 0.1) is 0 Å². The quantitative estimate of drug-likeness (QED) is 0.638. The van der Waals surface area contributed by atoms with E-state index in [9.17, 15) is 0 Å². The normalized spacial score (nSPS) is 14.3. The molecule has 0 fully saturated rings. The van der Waals surface area contributed by atoms with E-state index in [0.29, 0.717) is 0 Å². The average molecular weight is 319 g/mol. The number of rotatable bonds is 8. The summed E-state index contributed by atoms with van der Waals surface area (Å²) in [5.74, 6) is 0. The molecule has 0 unspecified atom stereocenters. The Bertz CT molecular complexity index is 296. The van der Waals surface area contributed by atoms with Gasteiger partial charge in [0.2, 0.25) is 8.40 Å². The molecule has 0 N–H and O–H groups in total. The lowest BCUT2D eigenvalue weighted by Gasteiger charge is -2.42. The molecular formula is C13H34N2OSi3. The van der Waals surface area contributed by atoms with Crippen LogP contribution >= 0.6 is 0 Å². The lowest BCUT2D eigenvalue weighted by Crippen LogP contribution is -2.59. The molecule has 0 aromatic carbocycles. The maximum atomic E-state index is 6.47. The topological polar surface area (TPSA) is 15.7 Å². The van der Waals surface area contributed by atoms with Crippen molar-refractivity contribution < 1.29 is 4.12 Å². The zero-order valence-corrected chi connectivity index (χ0v) is 17.5. The van der Waals surface area contributed by atoms with Gasteiger partial charge in [0.1, 0.15) is 0 Å². The van der Waals surface area contributed by atoms with Crippen LogP contribution in [-0.2, 0) is 4.12 Å². The van der Waals surface area contributed by atoms with Gasteiger partial charge in [-0.1, -0.05) is 5.70 Å². The highest BCUT2D eigenvalue weighted by Gasteiger charge is 2.38. The Kier molecular flexibility index (Phi) is 6.92. The number of nitrogens with zero attached hydrogens (tertiary/aromatic N) is 2. The van der Waals surface area contributed by atoms with E-state index >= 15 is 0 Å². The van der Waals surface area contributed by atoms with E-state index in [1.165, 1.54) is 12.1 Å². The van der Waals surface area contributed by atoms with Gasteiger partial charge in [0.25, 0.3) is 0 Å². The molecule has 0 rings (SSSR count). The molecule has 0 bridgehead atoms. The Hall–Kier alpha value is 0.271. The van der Waals surface area contributed by atoms with Crippen LogP contribution < -0.4 is 0 Å². The molecule has 0 saturated carbocycles. The van der Waals surface area contributed by atoms with E-state index in [-0.39, 0.29) is 0 Å². The van der Waals surface area contributed by atoms with Crippen LogP contribution in [0.25, 0.3) is 0 Å². The summed E-state index contributed by atoms with van der Waals surface area (Å²) in [7, 11) is 4.12. The van der Waals surface area contributed by atoms with Crippen molar-refractivity contribution in [1.82, 2.24) is 9.13 Å². The minimum absolute atomic E-state index is 1.23. The van der Waals surface area contributed by atoms with E-state index in [0.717, 1.165) is 0 Å². The van der Waals surface area contributed by atoms with Crippen molar-refractivity contribution in [3.8, 4) is 0 Å². The van der Waals surface area contributed by atoms with E-state index in [1.54, 1.807) is 0 Å². The molecule has 0 aliphatic heterocycles. The minimum atomic E-state index is -1.65. The summed E-state index contributed by atoms with van der Waals surface area (Å²) in [4.78, 5) is 0. The van der Waals surface area contributed by atoms with Crippen molar-refractivity contribution in [2.45, 2.75) is 44.8 Å². The Morgan fingerprint density at radius 2 is 1.32 bits per heavy atom. The predicted molar refractivity (Wildman–Crippen MR) is 94.9 cm³/mol. The first-order valence-corrected chi connectivity index (χ1v) is 15.8. The first-order chi connectivity index (χ1) is 8.36. The maximum absolute atomic E-state index is 6.47. The highest BCUT2D eigenvalue weighted by molar-refractivity contribution is 6.88. The fourth-order valence-corrected chi connectivity index (χ4v) is 14.6. The molecule has 0 heterocycles. The Balaban J connectivity index is 4.73. The first kappa shape index (κ1) is 19.3. The molecule has 114 valence electrons. The van der Waals surface area contributed by atoms with Gasteiger partial charge in [-0.05, 0) is 73.0 Å². The van der Waals surface area contributed by atoms with E-state index < -0.39 is 25.0 Å². The molecular weight excluding hydrogens is 284 g/mol. The zero-order valence-electron chi connectivity index (χ0n) is 14.5. The van der Waals surface area contributed by atoms with E-state index in [2.05, 4.69) is 82.3 Å². The van der Waals surface area contributed by atoms with Gasteiger partial charge in [-0.2, -0.15) is 0 Å². The van der Waals surface area contributed by atoms with Gasteiger partial charge in [0.15, 0.2) is 16.6 Å². The SMILES string of the molecule is C=C[Si](C)(C)O[Si](C)(C)CC[Si](C)(N(C)C)N(C)C. The molecule has 6 heteroatoms. The molecule has 0 saturated heterocycles. The summed E-state index contributed by atoms with van der Waals surface area (Å²) in [6.45, 7) is 15.6. The van der Waals surface area contributed by atoms with Crippen molar-refractivity contribution in [2.75, 3.05) is 28.2 Å². The minimum Gasteiger partial charge on any atom is -0.453 e. The molecule has 0 spiro atoms. The monoisotopic (exact) mass is 318 g/mol. The van der Waals surface area contributed by atoms with Crippen LogP contribution in [0.3, 0.4) is 0 Å². The highest BCUT2D eigenvalue weighted by atomic mass is 28.4. The summed E-state index contributed by atoms with van der Waals surface area (Å²) in [6, 6.07) is 2.50. The summed E-state index contributed by atoms with van der Waals surface area (Å²) < 4.78 is 11.4. The van der Waals surface area contributed by atoms with Crippen LogP contribution in [0.1, 0.15) is 0 Å². The van der Waals surface area contributed by atoms with Gasteiger partial charge in [0, 0.05) is 0 Å². The summed E-state index contributed by atoms with van der Waals surface area (Å²) >= 11 is 0. The first-order valence-electron chi connectivity index (χ1n) is 7.05. The standard InChI is InChI=1S/C13H34N2OSi3/c1-11-17(6,7)16-18(8,9)12-13-19(10,14(2)3)15(4)5/h11H,1,12-13H2,2-10H3. The molecule has 3 nitrogen and oxygen atoms in total. The second kappa shape index (κ2) is 6.82. The fourth-order valence-electron chi connectivity index (χ4n) is 2.19. The van der Waals surface area contributed by atoms with Crippen LogP contribution in [0.5, 0.6) is 0 Å². The summed E-state index contributed by atoms with van der Waals surface area (Å²) in [5, 5.41) is 0.